The van der Waals surface area contributed by atoms with Gasteiger partial charge in [0, 0.05) is 8.95 Å². The third-order valence-corrected chi connectivity index (χ3v) is 5.04. The summed E-state index contributed by atoms with van der Waals surface area (Å²) in [5.41, 5.74) is 2.66. The van der Waals surface area contributed by atoms with Gasteiger partial charge in [-0.25, -0.2) is 0 Å². The lowest BCUT2D eigenvalue weighted by atomic mass is 9.94. The van der Waals surface area contributed by atoms with Crippen LogP contribution in [0, 0.1) is 0 Å². The molecule has 2 aromatic rings. The van der Waals surface area contributed by atoms with Crippen molar-refractivity contribution in [2.45, 2.75) is 25.7 Å². The van der Waals surface area contributed by atoms with Crippen LogP contribution >= 0.6 is 31.9 Å². The van der Waals surface area contributed by atoms with Crippen LogP contribution in [0.15, 0.2) is 51.4 Å². The van der Waals surface area contributed by atoms with Gasteiger partial charge in [0.25, 0.3) is 0 Å². The lowest BCUT2D eigenvalue weighted by Gasteiger charge is -2.14. The molecule has 20 heavy (non-hydrogen) atoms. The number of ether oxygens (including phenoxy) is 1. The minimum absolute atomic E-state index is 0.504. The molecule has 1 nitrogen and oxygen atoms in total. The van der Waals surface area contributed by atoms with E-state index in [0.717, 1.165) is 18.6 Å². The molecule has 0 saturated heterocycles. The van der Waals surface area contributed by atoms with Crippen molar-refractivity contribution in [1.82, 2.24) is 0 Å². The topological polar surface area (TPSA) is 9.23 Å². The van der Waals surface area contributed by atoms with Crippen LogP contribution in [0.4, 0.5) is 0 Å². The van der Waals surface area contributed by atoms with Crippen LogP contribution in [0.3, 0.4) is 0 Å². The van der Waals surface area contributed by atoms with Crippen molar-refractivity contribution < 1.29 is 4.74 Å². The minimum atomic E-state index is 0.504. The molecular formula is C17H18Br2O. The highest BCUT2D eigenvalue weighted by atomic mass is 79.9. The Balaban J connectivity index is 2.06. The molecule has 0 saturated carbocycles. The first-order valence-corrected chi connectivity index (χ1v) is 8.27. The third-order valence-electron chi connectivity index (χ3n) is 3.55. The summed E-state index contributed by atoms with van der Waals surface area (Å²) in [4.78, 5) is 0. The molecule has 0 heterocycles. The summed E-state index contributed by atoms with van der Waals surface area (Å²) >= 11 is 7.25. The molecule has 106 valence electrons. The fourth-order valence-electron chi connectivity index (χ4n) is 2.25. The summed E-state index contributed by atoms with van der Waals surface area (Å²) < 4.78 is 7.63. The number of benzene rings is 2. The molecule has 0 aliphatic carbocycles. The predicted molar refractivity (Wildman–Crippen MR) is 91.6 cm³/mol. The number of rotatable bonds is 5. The molecule has 2 aromatic carbocycles. The molecule has 0 aromatic heterocycles. The third kappa shape index (κ3) is 3.86. The lowest BCUT2D eigenvalue weighted by Crippen LogP contribution is -1.98. The van der Waals surface area contributed by atoms with Crippen LogP contribution in [0.2, 0.25) is 0 Å². The summed E-state index contributed by atoms with van der Waals surface area (Å²) in [6.07, 6.45) is 2.15. The van der Waals surface area contributed by atoms with Crippen LogP contribution in [-0.2, 0) is 6.42 Å². The van der Waals surface area contributed by atoms with E-state index in [4.69, 9.17) is 4.74 Å². The van der Waals surface area contributed by atoms with Gasteiger partial charge in [-0.1, -0.05) is 57.0 Å². The zero-order chi connectivity index (χ0) is 14.5. The van der Waals surface area contributed by atoms with Gasteiger partial charge < -0.3 is 4.74 Å². The first-order chi connectivity index (χ1) is 9.61. The van der Waals surface area contributed by atoms with Crippen LogP contribution in [0.25, 0.3) is 0 Å². The van der Waals surface area contributed by atoms with Gasteiger partial charge in [0.05, 0.1) is 7.11 Å². The summed E-state index contributed by atoms with van der Waals surface area (Å²) in [5, 5.41) is 0. The molecule has 0 radical (unpaired) electrons. The minimum Gasteiger partial charge on any atom is -0.497 e. The van der Waals surface area contributed by atoms with E-state index in [1.54, 1.807) is 7.11 Å². The summed E-state index contributed by atoms with van der Waals surface area (Å²) in [6.45, 7) is 2.26. The highest BCUT2D eigenvalue weighted by Gasteiger charge is 2.10. The van der Waals surface area contributed by atoms with Crippen LogP contribution in [0.1, 0.15) is 30.4 Å². The lowest BCUT2D eigenvalue weighted by molar-refractivity contribution is 0.413. The zero-order valence-corrected chi connectivity index (χ0v) is 14.9. The molecule has 1 unspecified atom stereocenters. The zero-order valence-electron chi connectivity index (χ0n) is 11.7. The Morgan fingerprint density at radius 2 is 1.70 bits per heavy atom. The van der Waals surface area contributed by atoms with E-state index in [1.165, 1.54) is 20.1 Å². The van der Waals surface area contributed by atoms with Crippen molar-refractivity contribution in [2.24, 2.45) is 0 Å². The standard InChI is InChI=1S/C17H18Br2O/c1-12(13-5-3-6-14(11-13)20-2)9-10-15-16(18)7-4-8-17(15)19/h3-8,11-12H,9-10H2,1-2H3. The Labute approximate surface area is 137 Å². The van der Waals surface area contributed by atoms with Gasteiger partial charge in [-0.2, -0.15) is 0 Å². The average molecular weight is 398 g/mol. The van der Waals surface area contributed by atoms with Crippen LogP contribution in [0.5, 0.6) is 5.75 Å². The van der Waals surface area contributed by atoms with E-state index in [1.807, 2.05) is 12.1 Å². The van der Waals surface area contributed by atoms with E-state index >= 15 is 0 Å². The van der Waals surface area contributed by atoms with Crippen LogP contribution in [-0.4, -0.2) is 7.11 Å². The molecule has 1 atom stereocenters. The number of halogens is 2. The van der Waals surface area contributed by atoms with Crippen molar-refractivity contribution in [3.63, 3.8) is 0 Å². The molecule has 0 fully saturated rings. The van der Waals surface area contributed by atoms with E-state index in [9.17, 15) is 0 Å². The van der Waals surface area contributed by atoms with Gasteiger partial charge in [-0.15, -0.1) is 0 Å². The quantitative estimate of drug-likeness (QED) is 0.604. The van der Waals surface area contributed by atoms with Crippen molar-refractivity contribution in [3.8, 4) is 5.75 Å². The number of methoxy groups -OCH3 is 1. The SMILES string of the molecule is COc1cccc(C(C)CCc2c(Br)cccc2Br)c1. The van der Waals surface area contributed by atoms with Crippen molar-refractivity contribution in [2.75, 3.05) is 7.11 Å². The van der Waals surface area contributed by atoms with E-state index in [2.05, 4.69) is 69.1 Å². The van der Waals surface area contributed by atoms with Crippen molar-refractivity contribution in [1.29, 1.82) is 0 Å². The van der Waals surface area contributed by atoms with Gasteiger partial charge in [0.15, 0.2) is 0 Å². The highest BCUT2D eigenvalue weighted by Crippen LogP contribution is 2.30. The molecule has 0 amide bonds. The molecule has 0 N–H and O–H groups in total. The Kier molecular flexibility index (Phi) is 5.67. The van der Waals surface area contributed by atoms with E-state index in [-0.39, 0.29) is 0 Å². The monoisotopic (exact) mass is 396 g/mol. The van der Waals surface area contributed by atoms with Gasteiger partial charge in [0.1, 0.15) is 5.75 Å². The smallest absolute Gasteiger partial charge is 0.119 e. The predicted octanol–water partition coefficient (Wildman–Crippen LogP) is 5.96. The Hall–Kier alpha value is -0.800. The molecule has 0 aliphatic rings. The number of hydrogen-bond acceptors (Lipinski definition) is 1. The average Bonchev–Trinajstić information content (AvgIpc) is 2.46. The summed E-state index contributed by atoms with van der Waals surface area (Å²) in [6, 6.07) is 14.6. The Morgan fingerprint density at radius 1 is 1.05 bits per heavy atom. The normalized spacial score (nSPS) is 12.2. The molecule has 3 heteroatoms. The van der Waals surface area contributed by atoms with E-state index < -0.39 is 0 Å². The first kappa shape index (κ1) is 15.6. The Morgan fingerprint density at radius 3 is 2.35 bits per heavy atom. The molecule has 0 aliphatic heterocycles. The maximum atomic E-state index is 5.29. The first-order valence-electron chi connectivity index (χ1n) is 6.68. The summed E-state index contributed by atoms with van der Waals surface area (Å²) in [7, 11) is 1.71. The maximum Gasteiger partial charge on any atom is 0.119 e. The number of hydrogen-bond donors (Lipinski definition) is 0. The van der Waals surface area contributed by atoms with Gasteiger partial charge in [0.2, 0.25) is 0 Å². The van der Waals surface area contributed by atoms with Crippen LogP contribution < -0.4 is 4.74 Å². The fraction of sp³-hybridized carbons (Fsp3) is 0.294. The van der Waals surface area contributed by atoms with E-state index in [0.29, 0.717) is 5.92 Å². The Bertz CT molecular complexity index is 561. The second kappa shape index (κ2) is 7.28. The second-order valence-corrected chi connectivity index (χ2v) is 6.63. The van der Waals surface area contributed by atoms with Crippen molar-refractivity contribution >= 4 is 31.9 Å². The molecule has 2 rings (SSSR count). The maximum absolute atomic E-state index is 5.29. The second-order valence-electron chi connectivity index (χ2n) is 4.92. The largest absolute Gasteiger partial charge is 0.497 e. The summed E-state index contributed by atoms with van der Waals surface area (Å²) in [5.74, 6) is 1.43. The van der Waals surface area contributed by atoms with Gasteiger partial charge in [-0.05, 0) is 54.2 Å². The molecular weight excluding hydrogens is 380 g/mol. The molecule has 0 spiro atoms. The van der Waals surface area contributed by atoms with Gasteiger partial charge in [-0.3, -0.25) is 0 Å². The molecule has 0 bridgehead atoms. The fourth-order valence-corrected chi connectivity index (χ4v) is 3.64. The van der Waals surface area contributed by atoms with Gasteiger partial charge >= 0.3 is 0 Å². The highest BCUT2D eigenvalue weighted by molar-refractivity contribution is 9.11. The van der Waals surface area contributed by atoms with Crippen molar-refractivity contribution in [3.05, 3.63) is 62.5 Å².